The molecule has 2 saturated heterocycles. The van der Waals surface area contributed by atoms with Crippen LogP contribution in [-0.2, 0) is 9.53 Å². The van der Waals surface area contributed by atoms with Gasteiger partial charge in [-0.05, 0) is 20.9 Å². The molecular formula is C13H21NO4. The van der Waals surface area contributed by atoms with Crippen LogP contribution in [0.4, 0.5) is 0 Å². The Morgan fingerprint density at radius 1 is 1.28 bits per heavy atom. The maximum atomic E-state index is 11.7. The van der Waals surface area contributed by atoms with Gasteiger partial charge in [-0.2, -0.15) is 0 Å². The van der Waals surface area contributed by atoms with Gasteiger partial charge in [-0.15, -0.1) is 0 Å². The SMILES string of the molecule is CC=C(C)C(=O)OC1CC2[C@@H](O)[C@@H](O)C(C1)N2C. The Labute approximate surface area is 107 Å². The molecule has 0 aromatic heterocycles. The summed E-state index contributed by atoms with van der Waals surface area (Å²) in [5.41, 5.74) is 0.586. The Balaban J connectivity index is 2.02. The lowest BCUT2D eigenvalue weighted by atomic mass is 10.00. The van der Waals surface area contributed by atoms with Crippen LogP contribution >= 0.6 is 0 Å². The van der Waals surface area contributed by atoms with Gasteiger partial charge in [0.2, 0.25) is 0 Å². The molecule has 102 valence electrons. The first-order valence-corrected chi connectivity index (χ1v) is 6.37. The van der Waals surface area contributed by atoms with E-state index in [1.165, 1.54) is 0 Å². The molecule has 5 heteroatoms. The second-order valence-corrected chi connectivity index (χ2v) is 5.25. The number of ether oxygens (including phenoxy) is 1. The van der Waals surface area contributed by atoms with E-state index in [0.717, 1.165) is 0 Å². The van der Waals surface area contributed by atoms with E-state index >= 15 is 0 Å². The van der Waals surface area contributed by atoms with Crippen LogP contribution in [0.1, 0.15) is 26.7 Å². The molecule has 0 amide bonds. The summed E-state index contributed by atoms with van der Waals surface area (Å²) in [5.74, 6) is -0.310. The number of allylic oxidation sites excluding steroid dienone is 1. The fraction of sp³-hybridized carbons (Fsp3) is 0.769. The zero-order valence-corrected chi connectivity index (χ0v) is 11.0. The van der Waals surface area contributed by atoms with Gasteiger partial charge in [-0.1, -0.05) is 6.08 Å². The van der Waals surface area contributed by atoms with Gasteiger partial charge < -0.3 is 14.9 Å². The van der Waals surface area contributed by atoms with Crippen LogP contribution < -0.4 is 0 Å². The number of fused-ring (bicyclic) bond motifs is 2. The molecule has 2 aliphatic rings. The highest BCUT2D eigenvalue weighted by Crippen LogP contribution is 2.36. The molecule has 0 spiro atoms. The predicted molar refractivity (Wildman–Crippen MR) is 65.9 cm³/mol. The summed E-state index contributed by atoms with van der Waals surface area (Å²) in [6.07, 6.45) is 1.17. The Bertz CT molecular complexity index is 342. The first-order valence-electron chi connectivity index (χ1n) is 6.37. The van der Waals surface area contributed by atoms with E-state index in [-0.39, 0.29) is 24.2 Å². The van der Waals surface area contributed by atoms with Crippen LogP contribution in [0.3, 0.4) is 0 Å². The summed E-state index contributed by atoms with van der Waals surface area (Å²) in [4.78, 5) is 13.7. The first kappa shape index (κ1) is 13.5. The smallest absolute Gasteiger partial charge is 0.333 e. The Hall–Kier alpha value is -0.910. The third-order valence-corrected chi connectivity index (χ3v) is 4.22. The molecule has 2 rings (SSSR count). The summed E-state index contributed by atoms with van der Waals surface area (Å²) in [6.45, 7) is 3.51. The molecule has 5 nitrogen and oxygen atoms in total. The minimum atomic E-state index is -0.744. The van der Waals surface area contributed by atoms with Crippen LogP contribution in [0.2, 0.25) is 0 Å². The van der Waals surface area contributed by atoms with Gasteiger partial charge in [-0.25, -0.2) is 4.79 Å². The van der Waals surface area contributed by atoms with Gasteiger partial charge in [0.1, 0.15) is 6.10 Å². The molecule has 2 bridgehead atoms. The van der Waals surface area contributed by atoms with Gasteiger partial charge in [0.25, 0.3) is 0 Å². The number of carbonyl (C=O) groups is 1. The van der Waals surface area contributed by atoms with E-state index in [9.17, 15) is 15.0 Å². The number of hydrogen-bond acceptors (Lipinski definition) is 5. The van der Waals surface area contributed by atoms with Gasteiger partial charge in [-0.3, -0.25) is 4.90 Å². The zero-order chi connectivity index (χ0) is 13.4. The van der Waals surface area contributed by atoms with E-state index in [0.29, 0.717) is 18.4 Å². The highest BCUT2D eigenvalue weighted by Gasteiger charge is 2.51. The summed E-state index contributed by atoms with van der Waals surface area (Å²) >= 11 is 0. The van der Waals surface area contributed by atoms with Crippen molar-refractivity contribution < 1.29 is 19.7 Å². The molecule has 0 aromatic carbocycles. The monoisotopic (exact) mass is 255 g/mol. The van der Waals surface area contributed by atoms with Crippen molar-refractivity contribution in [1.82, 2.24) is 4.90 Å². The van der Waals surface area contributed by atoms with Crippen molar-refractivity contribution in [2.75, 3.05) is 7.05 Å². The maximum absolute atomic E-state index is 11.7. The van der Waals surface area contributed by atoms with Gasteiger partial charge in [0.05, 0.1) is 12.2 Å². The van der Waals surface area contributed by atoms with E-state index in [2.05, 4.69) is 0 Å². The van der Waals surface area contributed by atoms with E-state index < -0.39 is 12.2 Å². The van der Waals surface area contributed by atoms with Crippen LogP contribution in [0.25, 0.3) is 0 Å². The second-order valence-electron chi connectivity index (χ2n) is 5.25. The zero-order valence-electron chi connectivity index (χ0n) is 11.0. The van der Waals surface area contributed by atoms with Crippen molar-refractivity contribution in [3.05, 3.63) is 11.6 Å². The largest absolute Gasteiger partial charge is 0.459 e. The molecule has 2 heterocycles. The normalized spacial score (nSPS) is 40.9. The van der Waals surface area contributed by atoms with Crippen LogP contribution in [-0.4, -0.2) is 58.5 Å². The minimum absolute atomic E-state index is 0.123. The molecule has 0 aromatic rings. The minimum Gasteiger partial charge on any atom is -0.459 e. The highest BCUT2D eigenvalue weighted by molar-refractivity contribution is 5.87. The lowest BCUT2D eigenvalue weighted by molar-refractivity contribution is -0.148. The fourth-order valence-electron chi connectivity index (χ4n) is 2.89. The third-order valence-electron chi connectivity index (χ3n) is 4.22. The number of likely N-dealkylation sites (N-methyl/N-ethyl adjacent to an activating group) is 1. The van der Waals surface area contributed by atoms with Crippen LogP contribution in [0, 0.1) is 0 Å². The quantitative estimate of drug-likeness (QED) is 0.539. The van der Waals surface area contributed by atoms with Crippen molar-refractivity contribution in [3.63, 3.8) is 0 Å². The maximum Gasteiger partial charge on any atom is 0.333 e. The molecule has 3 unspecified atom stereocenters. The number of nitrogens with zero attached hydrogens (tertiary/aromatic N) is 1. The summed E-state index contributed by atoms with van der Waals surface area (Å²) in [7, 11) is 1.89. The highest BCUT2D eigenvalue weighted by atomic mass is 16.5. The van der Waals surface area contributed by atoms with Gasteiger partial charge in [0, 0.05) is 30.5 Å². The second kappa shape index (κ2) is 4.99. The Kier molecular flexibility index (Phi) is 3.75. The molecule has 0 saturated carbocycles. The molecule has 2 aliphatic heterocycles. The summed E-state index contributed by atoms with van der Waals surface area (Å²) in [6, 6.07) is -0.245. The van der Waals surface area contributed by atoms with Crippen molar-refractivity contribution in [2.24, 2.45) is 0 Å². The number of aliphatic hydroxyl groups is 2. The summed E-state index contributed by atoms with van der Waals surface area (Å²) in [5, 5.41) is 19.8. The van der Waals surface area contributed by atoms with E-state index in [4.69, 9.17) is 4.74 Å². The molecule has 2 N–H and O–H groups in total. The molecule has 0 radical (unpaired) electrons. The first-order chi connectivity index (χ1) is 8.45. The summed E-state index contributed by atoms with van der Waals surface area (Å²) < 4.78 is 5.41. The fourth-order valence-corrected chi connectivity index (χ4v) is 2.89. The van der Waals surface area contributed by atoms with Crippen LogP contribution in [0.15, 0.2) is 11.6 Å². The number of aliphatic hydroxyl groups excluding tert-OH is 2. The molecular weight excluding hydrogens is 234 g/mol. The van der Waals surface area contributed by atoms with Crippen LogP contribution in [0.5, 0.6) is 0 Å². The standard InChI is InChI=1S/C13H21NO4/c1-4-7(2)13(17)18-8-5-9-11(15)12(16)10(6-8)14(9)3/h4,8-12,15-16H,5-6H2,1-3H3/t8?,9?,10?,11-,12+. The number of piperidine rings is 1. The average Bonchev–Trinajstić information content (AvgIpc) is 2.50. The van der Waals surface area contributed by atoms with E-state index in [1.54, 1.807) is 19.9 Å². The van der Waals surface area contributed by atoms with Crippen molar-refractivity contribution >= 4 is 5.97 Å². The number of rotatable bonds is 2. The number of esters is 1. The van der Waals surface area contributed by atoms with E-state index in [1.807, 2.05) is 11.9 Å². The van der Waals surface area contributed by atoms with Crippen molar-refractivity contribution in [1.29, 1.82) is 0 Å². The molecule has 18 heavy (non-hydrogen) atoms. The predicted octanol–water partition coefficient (Wildman–Crippen LogP) is 0.0626. The Morgan fingerprint density at radius 2 is 1.78 bits per heavy atom. The average molecular weight is 255 g/mol. The Morgan fingerprint density at radius 3 is 2.22 bits per heavy atom. The van der Waals surface area contributed by atoms with Gasteiger partial charge in [0.15, 0.2) is 0 Å². The third kappa shape index (κ3) is 2.18. The molecule has 5 atom stereocenters. The molecule has 0 aliphatic carbocycles. The topological polar surface area (TPSA) is 70.0 Å². The van der Waals surface area contributed by atoms with Gasteiger partial charge >= 0.3 is 5.97 Å². The number of hydrogen-bond donors (Lipinski definition) is 2. The lowest BCUT2D eigenvalue weighted by Gasteiger charge is -2.35. The molecule has 2 fully saturated rings. The van der Waals surface area contributed by atoms with Crippen molar-refractivity contribution in [3.8, 4) is 0 Å². The van der Waals surface area contributed by atoms with Crippen molar-refractivity contribution in [2.45, 2.75) is 57.1 Å². The lowest BCUT2D eigenvalue weighted by Crippen LogP contribution is -2.46. The number of carbonyl (C=O) groups excluding carboxylic acids is 1.